The molecule has 0 radical (unpaired) electrons. The molecule has 1 aromatic heterocycles. The van der Waals surface area contributed by atoms with Crippen LogP contribution in [0.2, 0.25) is 0 Å². The quantitative estimate of drug-likeness (QED) is 0.851. The standard InChI is InChI=1S/C13H15N3O2/c1-8-3-4-10(11(5-8)18-2)12-15-7-9(6-14)13(17)16-12/h3-5,7H,6,14H2,1-2H3,(H,15,16,17). The zero-order valence-corrected chi connectivity index (χ0v) is 10.4. The molecule has 0 atom stereocenters. The highest BCUT2D eigenvalue weighted by atomic mass is 16.5. The Labute approximate surface area is 105 Å². The highest BCUT2D eigenvalue weighted by Gasteiger charge is 2.09. The number of hydrogen-bond donors (Lipinski definition) is 2. The van der Waals surface area contributed by atoms with Gasteiger partial charge in [-0.05, 0) is 24.6 Å². The van der Waals surface area contributed by atoms with Crippen LogP contribution in [0.3, 0.4) is 0 Å². The summed E-state index contributed by atoms with van der Waals surface area (Å²) in [4.78, 5) is 18.6. The number of nitrogens with two attached hydrogens (primary N) is 1. The summed E-state index contributed by atoms with van der Waals surface area (Å²) in [6.07, 6.45) is 1.49. The van der Waals surface area contributed by atoms with E-state index in [1.807, 2.05) is 25.1 Å². The number of aromatic nitrogens is 2. The third-order valence-electron chi connectivity index (χ3n) is 2.71. The maximum absolute atomic E-state index is 11.7. The van der Waals surface area contributed by atoms with Crippen LogP contribution in [0.1, 0.15) is 11.1 Å². The van der Waals surface area contributed by atoms with Crippen molar-refractivity contribution in [3.05, 3.63) is 45.9 Å². The molecule has 2 aromatic rings. The molecule has 0 aliphatic heterocycles. The average Bonchev–Trinajstić information content (AvgIpc) is 2.38. The van der Waals surface area contributed by atoms with Crippen molar-refractivity contribution in [3.63, 3.8) is 0 Å². The van der Waals surface area contributed by atoms with E-state index in [1.165, 1.54) is 6.20 Å². The Morgan fingerprint density at radius 2 is 2.22 bits per heavy atom. The molecule has 0 unspecified atom stereocenters. The molecule has 0 saturated carbocycles. The van der Waals surface area contributed by atoms with Gasteiger partial charge < -0.3 is 15.5 Å². The van der Waals surface area contributed by atoms with E-state index in [9.17, 15) is 4.79 Å². The molecule has 0 amide bonds. The van der Waals surface area contributed by atoms with Gasteiger partial charge in [0.15, 0.2) is 0 Å². The number of aryl methyl sites for hydroxylation is 1. The summed E-state index contributed by atoms with van der Waals surface area (Å²) >= 11 is 0. The zero-order chi connectivity index (χ0) is 13.1. The summed E-state index contributed by atoms with van der Waals surface area (Å²) in [6.45, 7) is 2.15. The number of nitrogens with zero attached hydrogens (tertiary/aromatic N) is 1. The van der Waals surface area contributed by atoms with Gasteiger partial charge >= 0.3 is 0 Å². The van der Waals surface area contributed by atoms with Gasteiger partial charge in [-0.3, -0.25) is 4.79 Å². The van der Waals surface area contributed by atoms with E-state index in [0.29, 0.717) is 17.1 Å². The van der Waals surface area contributed by atoms with Crippen molar-refractivity contribution in [1.82, 2.24) is 9.97 Å². The number of benzene rings is 1. The van der Waals surface area contributed by atoms with E-state index in [-0.39, 0.29) is 12.1 Å². The Hall–Kier alpha value is -2.14. The van der Waals surface area contributed by atoms with Crippen LogP contribution in [0.15, 0.2) is 29.2 Å². The van der Waals surface area contributed by atoms with Crippen LogP contribution in [-0.2, 0) is 6.54 Å². The van der Waals surface area contributed by atoms with E-state index < -0.39 is 0 Å². The molecule has 5 heteroatoms. The molecule has 18 heavy (non-hydrogen) atoms. The Morgan fingerprint density at radius 1 is 1.44 bits per heavy atom. The average molecular weight is 245 g/mol. The molecule has 94 valence electrons. The topological polar surface area (TPSA) is 81.0 Å². The summed E-state index contributed by atoms with van der Waals surface area (Å²) in [5.41, 5.74) is 7.51. The van der Waals surface area contributed by atoms with Crippen molar-refractivity contribution in [2.45, 2.75) is 13.5 Å². The number of H-pyrrole nitrogens is 1. The fourth-order valence-corrected chi connectivity index (χ4v) is 1.70. The van der Waals surface area contributed by atoms with Gasteiger partial charge in [-0.2, -0.15) is 0 Å². The SMILES string of the molecule is COc1cc(C)ccc1-c1ncc(CN)c(=O)[nH]1. The van der Waals surface area contributed by atoms with Crippen molar-refractivity contribution < 1.29 is 4.74 Å². The second-order valence-electron chi connectivity index (χ2n) is 3.99. The minimum Gasteiger partial charge on any atom is -0.496 e. The lowest BCUT2D eigenvalue weighted by atomic mass is 10.1. The first-order valence-electron chi connectivity index (χ1n) is 5.59. The van der Waals surface area contributed by atoms with Gasteiger partial charge in [0, 0.05) is 18.3 Å². The molecule has 0 aliphatic carbocycles. The van der Waals surface area contributed by atoms with Crippen LogP contribution >= 0.6 is 0 Å². The summed E-state index contributed by atoms with van der Waals surface area (Å²) in [5.74, 6) is 1.16. The van der Waals surface area contributed by atoms with Crippen molar-refractivity contribution in [2.24, 2.45) is 5.73 Å². The second-order valence-corrected chi connectivity index (χ2v) is 3.99. The van der Waals surface area contributed by atoms with Crippen molar-refractivity contribution >= 4 is 0 Å². The molecule has 5 nitrogen and oxygen atoms in total. The molecule has 0 bridgehead atoms. The Balaban J connectivity index is 2.55. The number of aromatic amines is 1. The molecule has 0 saturated heterocycles. The van der Waals surface area contributed by atoms with E-state index >= 15 is 0 Å². The number of nitrogens with one attached hydrogen (secondary N) is 1. The number of hydrogen-bond acceptors (Lipinski definition) is 4. The van der Waals surface area contributed by atoms with Gasteiger partial charge in [-0.1, -0.05) is 6.07 Å². The first kappa shape index (κ1) is 12.3. The fraction of sp³-hybridized carbons (Fsp3) is 0.231. The highest BCUT2D eigenvalue weighted by molar-refractivity contribution is 5.64. The minimum absolute atomic E-state index is 0.174. The summed E-state index contributed by atoms with van der Waals surface area (Å²) in [6, 6.07) is 5.70. The van der Waals surface area contributed by atoms with Gasteiger partial charge in [-0.25, -0.2) is 4.98 Å². The van der Waals surface area contributed by atoms with Crippen LogP contribution < -0.4 is 16.0 Å². The van der Waals surface area contributed by atoms with Gasteiger partial charge in [0.2, 0.25) is 0 Å². The monoisotopic (exact) mass is 245 g/mol. The number of rotatable bonds is 3. The molecule has 2 rings (SSSR count). The van der Waals surface area contributed by atoms with Crippen LogP contribution in [0, 0.1) is 6.92 Å². The lowest BCUT2D eigenvalue weighted by molar-refractivity contribution is 0.416. The zero-order valence-electron chi connectivity index (χ0n) is 10.4. The second kappa shape index (κ2) is 5.01. The van der Waals surface area contributed by atoms with Gasteiger partial charge in [-0.15, -0.1) is 0 Å². The normalized spacial score (nSPS) is 10.4. The van der Waals surface area contributed by atoms with Crippen molar-refractivity contribution in [1.29, 1.82) is 0 Å². The predicted molar refractivity (Wildman–Crippen MR) is 69.5 cm³/mol. The highest BCUT2D eigenvalue weighted by Crippen LogP contribution is 2.27. The van der Waals surface area contributed by atoms with Crippen LogP contribution in [0.25, 0.3) is 11.4 Å². The molecular formula is C13H15N3O2. The van der Waals surface area contributed by atoms with Crippen molar-refractivity contribution in [3.8, 4) is 17.1 Å². The predicted octanol–water partition coefficient (Wildman–Crippen LogP) is 1.21. The van der Waals surface area contributed by atoms with Gasteiger partial charge in [0.25, 0.3) is 5.56 Å². The summed E-state index contributed by atoms with van der Waals surface area (Å²) < 4.78 is 5.29. The molecular weight excluding hydrogens is 230 g/mol. The Morgan fingerprint density at radius 3 is 2.83 bits per heavy atom. The summed E-state index contributed by atoms with van der Waals surface area (Å²) in [7, 11) is 1.59. The fourth-order valence-electron chi connectivity index (χ4n) is 1.70. The number of ether oxygens (including phenoxy) is 1. The van der Waals surface area contributed by atoms with Gasteiger partial charge in [0.05, 0.1) is 12.7 Å². The smallest absolute Gasteiger partial charge is 0.255 e. The molecule has 1 aromatic carbocycles. The lowest BCUT2D eigenvalue weighted by Gasteiger charge is -2.08. The van der Waals surface area contributed by atoms with E-state index in [2.05, 4.69) is 9.97 Å². The van der Waals surface area contributed by atoms with Crippen LogP contribution in [0.4, 0.5) is 0 Å². The van der Waals surface area contributed by atoms with E-state index in [1.54, 1.807) is 7.11 Å². The first-order chi connectivity index (χ1) is 8.65. The van der Waals surface area contributed by atoms with Gasteiger partial charge in [0.1, 0.15) is 11.6 Å². The van der Waals surface area contributed by atoms with E-state index in [0.717, 1.165) is 11.1 Å². The Bertz CT molecular complexity index is 620. The van der Waals surface area contributed by atoms with Crippen molar-refractivity contribution in [2.75, 3.05) is 7.11 Å². The molecule has 3 N–H and O–H groups in total. The van der Waals surface area contributed by atoms with Crippen LogP contribution in [0.5, 0.6) is 5.75 Å². The summed E-state index contributed by atoms with van der Waals surface area (Å²) in [5, 5.41) is 0. The third kappa shape index (κ3) is 2.26. The van der Waals surface area contributed by atoms with Crippen LogP contribution in [-0.4, -0.2) is 17.1 Å². The lowest BCUT2D eigenvalue weighted by Crippen LogP contribution is -2.17. The first-order valence-corrected chi connectivity index (χ1v) is 5.59. The molecule has 1 heterocycles. The third-order valence-corrected chi connectivity index (χ3v) is 2.71. The molecule has 0 spiro atoms. The maximum atomic E-state index is 11.7. The maximum Gasteiger partial charge on any atom is 0.255 e. The number of methoxy groups -OCH3 is 1. The Kier molecular flexibility index (Phi) is 3.43. The molecule has 0 fully saturated rings. The molecule has 0 aliphatic rings. The largest absolute Gasteiger partial charge is 0.496 e. The minimum atomic E-state index is -0.217. The van der Waals surface area contributed by atoms with E-state index in [4.69, 9.17) is 10.5 Å².